The molecular formula is C12H13BrFNO3. The van der Waals surface area contributed by atoms with Gasteiger partial charge in [-0.05, 0) is 28.1 Å². The number of halogens is 2. The number of morpholine rings is 1. The van der Waals surface area contributed by atoms with Gasteiger partial charge in [-0.1, -0.05) is 0 Å². The molecule has 98 valence electrons. The van der Waals surface area contributed by atoms with Crippen LogP contribution in [0.5, 0.6) is 0 Å². The Morgan fingerprint density at radius 2 is 2.11 bits per heavy atom. The van der Waals surface area contributed by atoms with E-state index in [1.165, 1.54) is 19.2 Å². The standard InChI is InChI=1S/C12H13BrFNO3/c1-17-12(16)8-6-11(10(14)7-9(8)13)15-2-4-18-5-3-15/h6-7H,2-5H2,1H3. The molecule has 2 rings (SSSR count). The molecule has 4 nitrogen and oxygen atoms in total. The predicted octanol–water partition coefficient (Wildman–Crippen LogP) is 2.21. The van der Waals surface area contributed by atoms with Crippen molar-refractivity contribution < 1.29 is 18.7 Å². The van der Waals surface area contributed by atoms with E-state index in [0.29, 0.717) is 42.0 Å². The van der Waals surface area contributed by atoms with Gasteiger partial charge in [-0.3, -0.25) is 0 Å². The van der Waals surface area contributed by atoms with Crippen LogP contribution in [0.2, 0.25) is 0 Å². The molecule has 0 aromatic heterocycles. The van der Waals surface area contributed by atoms with Gasteiger partial charge in [-0.15, -0.1) is 0 Å². The number of carbonyl (C=O) groups excluding carboxylic acids is 1. The number of hydrogen-bond donors (Lipinski definition) is 0. The van der Waals surface area contributed by atoms with Gasteiger partial charge < -0.3 is 14.4 Å². The van der Waals surface area contributed by atoms with Gasteiger partial charge in [-0.2, -0.15) is 0 Å². The van der Waals surface area contributed by atoms with Crippen molar-refractivity contribution in [1.82, 2.24) is 0 Å². The molecule has 0 atom stereocenters. The number of rotatable bonds is 2. The number of ether oxygens (including phenoxy) is 2. The van der Waals surface area contributed by atoms with E-state index in [1.807, 2.05) is 4.90 Å². The Labute approximate surface area is 113 Å². The van der Waals surface area contributed by atoms with Crippen molar-refractivity contribution in [3.63, 3.8) is 0 Å². The molecule has 1 fully saturated rings. The number of benzene rings is 1. The molecule has 6 heteroatoms. The molecule has 1 aliphatic rings. The van der Waals surface area contributed by atoms with Gasteiger partial charge in [-0.25, -0.2) is 9.18 Å². The molecule has 1 saturated heterocycles. The summed E-state index contributed by atoms with van der Waals surface area (Å²) in [5.41, 5.74) is 0.724. The van der Waals surface area contributed by atoms with E-state index in [2.05, 4.69) is 20.7 Å². The maximum Gasteiger partial charge on any atom is 0.339 e. The number of anilines is 1. The third-order valence-electron chi connectivity index (χ3n) is 2.79. The van der Waals surface area contributed by atoms with Crippen molar-refractivity contribution in [2.24, 2.45) is 0 Å². The van der Waals surface area contributed by atoms with Gasteiger partial charge >= 0.3 is 5.97 Å². The Kier molecular flexibility index (Phi) is 4.19. The average molecular weight is 318 g/mol. The quantitative estimate of drug-likeness (QED) is 0.784. The maximum absolute atomic E-state index is 13.9. The van der Waals surface area contributed by atoms with Crippen molar-refractivity contribution in [3.8, 4) is 0 Å². The Hall–Kier alpha value is -1.14. The zero-order valence-corrected chi connectivity index (χ0v) is 11.5. The molecule has 0 aliphatic carbocycles. The average Bonchev–Trinajstić information content (AvgIpc) is 2.39. The molecule has 0 radical (unpaired) electrons. The number of esters is 1. The molecule has 0 N–H and O–H groups in total. The first kappa shape index (κ1) is 13.3. The van der Waals surface area contributed by atoms with Gasteiger partial charge in [0.25, 0.3) is 0 Å². The highest BCUT2D eigenvalue weighted by Gasteiger charge is 2.20. The van der Waals surface area contributed by atoms with E-state index < -0.39 is 5.97 Å². The molecule has 0 bridgehead atoms. The third-order valence-corrected chi connectivity index (χ3v) is 3.45. The summed E-state index contributed by atoms with van der Waals surface area (Å²) in [6, 6.07) is 2.80. The predicted molar refractivity (Wildman–Crippen MR) is 68.5 cm³/mol. The van der Waals surface area contributed by atoms with E-state index >= 15 is 0 Å². The van der Waals surface area contributed by atoms with E-state index in [9.17, 15) is 9.18 Å². The van der Waals surface area contributed by atoms with Crippen molar-refractivity contribution >= 4 is 27.6 Å². The molecule has 1 aliphatic heterocycles. The van der Waals surface area contributed by atoms with Crippen molar-refractivity contribution in [1.29, 1.82) is 0 Å². The highest BCUT2D eigenvalue weighted by Crippen LogP contribution is 2.28. The topological polar surface area (TPSA) is 38.8 Å². The summed E-state index contributed by atoms with van der Waals surface area (Å²) in [6.45, 7) is 2.34. The summed E-state index contributed by atoms with van der Waals surface area (Å²) in [5, 5.41) is 0. The summed E-state index contributed by atoms with van der Waals surface area (Å²) < 4.78 is 24.2. The number of carbonyl (C=O) groups is 1. The van der Waals surface area contributed by atoms with E-state index in [4.69, 9.17) is 4.74 Å². The van der Waals surface area contributed by atoms with Crippen LogP contribution in [0.25, 0.3) is 0 Å². The van der Waals surface area contributed by atoms with Crippen LogP contribution >= 0.6 is 15.9 Å². The number of hydrogen-bond acceptors (Lipinski definition) is 4. The summed E-state index contributed by atoms with van der Waals surface area (Å²) in [6.07, 6.45) is 0. The SMILES string of the molecule is COC(=O)c1cc(N2CCOCC2)c(F)cc1Br. The molecule has 1 aromatic rings. The summed E-state index contributed by atoms with van der Waals surface area (Å²) in [5.74, 6) is -0.854. The van der Waals surface area contributed by atoms with Crippen LogP contribution in [0.4, 0.5) is 10.1 Å². The normalized spacial score (nSPS) is 15.6. The van der Waals surface area contributed by atoms with Gasteiger partial charge in [0.2, 0.25) is 0 Å². The van der Waals surface area contributed by atoms with E-state index in [1.54, 1.807) is 0 Å². The fourth-order valence-electron chi connectivity index (χ4n) is 1.85. The van der Waals surface area contributed by atoms with E-state index in [-0.39, 0.29) is 5.82 Å². The van der Waals surface area contributed by atoms with Crippen LogP contribution in [0.15, 0.2) is 16.6 Å². The van der Waals surface area contributed by atoms with Gasteiger partial charge in [0.1, 0.15) is 5.82 Å². The van der Waals surface area contributed by atoms with Crippen molar-refractivity contribution in [2.45, 2.75) is 0 Å². The highest BCUT2D eigenvalue weighted by molar-refractivity contribution is 9.10. The molecule has 1 aromatic carbocycles. The Morgan fingerprint density at radius 1 is 1.44 bits per heavy atom. The summed E-state index contributed by atoms with van der Waals surface area (Å²) in [7, 11) is 1.30. The lowest BCUT2D eigenvalue weighted by atomic mass is 10.1. The maximum atomic E-state index is 13.9. The number of nitrogens with zero attached hydrogens (tertiary/aromatic N) is 1. The molecule has 1 heterocycles. The van der Waals surface area contributed by atoms with Crippen molar-refractivity contribution in [3.05, 3.63) is 28.0 Å². The van der Waals surface area contributed by atoms with Crippen LogP contribution < -0.4 is 4.90 Å². The van der Waals surface area contributed by atoms with Gasteiger partial charge in [0.05, 0.1) is 31.6 Å². The minimum absolute atomic E-state index is 0.320. The summed E-state index contributed by atoms with van der Waals surface area (Å²) in [4.78, 5) is 13.4. The molecule has 0 saturated carbocycles. The van der Waals surface area contributed by atoms with Gasteiger partial charge in [0.15, 0.2) is 0 Å². The first-order valence-corrected chi connectivity index (χ1v) is 6.33. The lowest BCUT2D eigenvalue weighted by Gasteiger charge is -2.29. The molecular weight excluding hydrogens is 305 g/mol. The second kappa shape index (κ2) is 5.67. The molecule has 0 unspecified atom stereocenters. The monoisotopic (exact) mass is 317 g/mol. The van der Waals surface area contributed by atoms with Crippen LogP contribution in [-0.2, 0) is 9.47 Å². The third kappa shape index (κ3) is 2.64. The molecule has 18 heavy (non-hydrogen) atoms. The first-order valence-electron chi connectivity index (χ1n) is 5.53. The Morgan fingerprint density at radius 3 is 2.72 bits per heavy atom. The Balaban J connectivity index is 2.37. The fraction of sp³-hybridized carbons (Fsp3) is 0.417. The van der Waals surface area contributed by atoms with Crippen LogP contribution in [0, 0.1) is 5.82 Å². The zero-order valence-electron chi connectivity index (χ0n) is 9.91. The smallest absolute Gasteiger partial charge is 0.339 e. The largest absolute Gasteiger partial charge is 0.465 e. The van der Waals surface area contributed by atoms with Crippen LogP contribution in [-0.4, -0.2) is 39.4 Å². The number of methoxy groups -OCH3 is 1. The lowest BCUT2D eigenvalue weighted by molar-refractivity contribution is 0.0599. The minimum atomic E-state index is -0.489. The van der Waals surface area contributed by atoms with Crippen LogP contribution in [0.3, 0.4) is 0 Å². The zero-order chi connectivity index (χ0) is 13.1. The van der Waals surface area contributed by atoms with Gasteiger partial charge in [0, 0.05) is 17.6 Å². The van der Waals surface area contributed by atoms with Crippen LogP contribution in [0.1, 0.15) is 10.4 Å². The summed E-state index contributed by atoms with van der Waals surface area (Å²) >= 11 is 3.16. The molecule has 0 amide bonds. The molecule has 0 spiro atoms. The van der Waals surface area contributed by atoms with Crippen molar-refractivity contribution in [2.75, 3.05) is 38.3 Å². The van der Waals surface area contributed by atoms with E-state index in [0.717, 1.165) is 0 Å². The fourth-order valence-corrected chi connectivity index (χ4v) is 2.33. The second-order valence-corrected chi connectivity index (χ2v) is 4.73. The first-order chi connectivity index (χ1) is 8.63. The minimum Gasteiger partial charge on any atom is -0.465 e. The Bertz CT molecular complexity index is 461. The lowest BCUT2D eigenvalue weighted by Crippen LogP contribution is -2.36. The highest BCUT2D eigenvalue weighted by atomic mass is 79.9. The second-order valence-electron chi connectivity index (χ2n) is 3.87.